The number of carbonyl (C=O) groups excluding carboxylic acids is 1. The summed E-state index contributed by atoms with van der Waals surface area (Å²) in [6.45, 7) is 3.20. The zero-order valence-corrected chi connectivity index (χ0v) is 13.7. The summed E-state index contributed by atoms with van der Waals surface area (Å²) in [6.07, 6.45) is 4.41. The molecule has 2 heterocycles. The molecule has 1 aromatic carbocycles. The topological polar surface area (TPSA) is 44.4 Å². The van der Waals surface area contributed by atoms with Crippen LogP contribution < -0.4 is 10.6 Å². The monoisotopic (exact) mass is 351 g/mol. The summed E-state index contributed by atoms with van der Waals surface area (Å²) in [7, 11) is 0. The summed E-state index contributed by atoms with van der Waals surface area (Å²) in [5.41, 5.74) is 0.867. The van der Waals surface area contributed by atoms with Gasteiger partial charge in [0.25, 0.3) is 0 Å². The van der Waals surface area contributed by atoms with E-state index in [1.807, 2.05) is 24.3 Å². The van der Waals surface area contributed by atoms with Crippen LogP contribution in [0.4, 0.5) is 5.69 Å². The maximum absolute atomic E-state index is 12.6. The molecule has 2 saturated heterocycles. The highest BCUT2D eigenvalue weighted by molar-refractivity contribution is 9.10. The van der Waals surface area contributed by atoms with Crippen LogP contribution in [0.2, 0.25) is 0 Å². The van der Waals surface area contributed by atoms with Gasteiger partial charge in [-0.2, -0.15) is 0 Å². The van der Waals surface area contributed by atoms with Gasteiger partial charge in [0.1, 0.15) is 0 Å². The second-order valence-electron chi connectivity index (χ2n) is 5.88. The van der Waals surface area contributed by atoms with Crippen molar-refractivity contribution >= 4 is 27.5 Å². The number of likely N-dealkylation sites (tertiary alicyclic amines) is 1. The van der Waals surface area contributed by atoms with E-state index in [2.05, 4.69) is 31.5 Å². The van der Waals surface area contributed by atoms with Crippen LogP contribution in [-0.4, -0.2) is 42.5 Å². The molecular weight excluding hydrogens is 330 g/mol. The minimum atomic E-state index is 0.0343. The summed E-state index contributed by atoms with van der Waals surface area (Å²) in [4.78, 5) is 15.0. The molecule has 1 atom stereocenters. The molecule has 21 heavy (non-hydrogen) atoms. The number of carbonyl (C=O) groups is 1. The standard InChI is InChI=1S/C16H22BrN3O/c17-12-3-1-4-13(11-12)19-16(21)15-5-2-10-20(15)14-6-8-18-9-7-14/h1,3-4,11,14-15,18H,2,5-10H2,(H,19,21). The van der Waals surface area contributed by atoms with Crippen molar-refractivity contribution in [2.24, 2.45) is 0 Å². The zero-order valence-electron chi connectivity index (χ0n) is 12.1. The van der Waals surface area contributed by atoms with E-state index < -0.39 is 0 Å². The fourth-order valence-electron chi connectivity index (χ4n) is 3.44. The lowest BCUT2D eigenvalue weighted by Crippen LogP contribution is -2.49. The average molecular weight is 352 g/mol. The van der Waals surface area contributed by atoms with E-state index >= 15 is 0 Å². The molecule has 2 fully saturated rings. The Bertz CT molecular complexity index is 502. The van der Waals surface area contributed by atoms with Crippen molar-refractivity contribution in [3.8, 4) is 0 Å². The molecule has 114 valence electrons. The Labute approximate surface area is 134 Å². The highest BCUT2D eigenvalue weighted by Crippen LogP contribution is 2.26. The quantitative estimate of drug-likeness (QED) is 0.879. The third-order valence-corrected chi connectivity index (χ3v) is 4.96. The molecule has 1 aromatic rings. The Hall–Kier alpha value is -0.910. The minimum Gasteiger partial charge on any atom is -0.325 e. The van der Waals surface area contributed by atoms with Gasteiger partial charge in [-0.3, -0.25) is 9.69 Å². The Balaban J connectivity index is 1.65. The molecule has 2 N–H and O–H groups in total. The third-order valence-electron chi connectivity index (χ3n) is 4.47. The third kappa shape index (κ3) is 3.65. The van der Waals surface area contributed by atoms with Gasteiger partial charge in [-0.25, -0.2) is 0 Å². The number of nitrogens with zero attached hydrogens (tertiary/aromatic N) is 1. The van der Waals surface area contributed by atoms with Crippen molar-refractivity contribution in [3.05, 3.63) is 28.7 Å². The largest absolute Gasteiger partial charge is 0.325 e. The molecule has 0 radical (unpaired) electrons. The molecule has 0 saturated carbocycles. The Morgan fingerprint density at radius 3 is 2.86 bits per heavy atom. The molecule has 0 aromatic heterocycles. The van der Waals surface area contributed by atoms with Crippen LogP contribution in [0.5, 0.6) is 0 Å². The van der Waals surface area contributed by atoms with Crippen LogP contribution in [-0.2, 0) is 4.79 Å². The summed E-state index contributed by atoms with van der Waals surface area (Å²) >= 11 is 3.44. The molecule has 4 nitrogen and oxygen atoms in total. The molecule has 2 aliphatic heterocycles. The van der Waals surface area contributed by atoms with Crippen LogP contribution >= 0.6 is 15.9 Å². The smallest absolute Gasteiger partial charge is 0.241 e. The first-order chi connectivity index (χ1) is 10.2. The SMILES string of the molecule is O=C(Nc1cccc(Br)c1)C1CCCN1C1CCNCC1. The van der Waals surface area contributed by atoms with Gasteiger partial charge in [-0.05, 0) is 63.5 Å². The number of piperidine rings is 1. The maximum atomic E-state index is 12.6. The van der Waals surface area contributed by atoms with Crippen LogP contribution in [0.3, 0.4) is 0 Å². The van der Waals surface area contributed by atoms with Gasteiger partial charge in [0.2, 0.25) is 5.91 Å². The summed E-state index contributed by atoms with van der Waals surface area (Å²) in [6, 6.07) is 8.39. The van der Waals surface area contributed by atoms with E-state index in [1.165, 1.54) is 0 Å². The van der Waals surface area contributed by atoms with E-state index in [-0.39, 0.29) is 11.9 Å². The predicted octanol–water partition coefficient (Wildman–Crippen LogP) is 2.60. The average Bonchev–Trinajstić information content (AvgIpc) is 2.98. The Kier molecular flexibility index (Phi) is 4.93. The number of nitrogens with one attached hydrogen (secondary N) is 2. The molecule has 2 aliphatic rings. The van der Waals surface area contributed by atoms with Gasteiger partial charge in [0.05, 0.1) is 6.04 Å². The van der Waals surface area contributed by atoms with Crippen molar-refractivity contribution in [1.82, 2.24) is 10.2 Å². The van der Waals surface area contributed by atoms with Gasteiger partial charge in [-0.1, -0.05) is 22.0 Å². The van der Waals surface area contributed by atoms with E-state index in [0.717, 1.165) is 55.5 Å². The number of anilines is 1. The molecule has 5 heteroatoms. The van der Waals surface area contributed by atoms with Gasteiger partial charge in [0.15, 0.2) is 0 Å². The molecule has 0 bridgehead atoms. The minimum absolute atomic E-state index is 0.0343. The first-order valence-corrected chi connectivity index (χ1v) is 8.56. The van der Waals surface area contributed by atoms with Gasteiger partial charge < -0.3 is 10.6 Å². The number of hydrogen-bond donors (Lipinski definition) is 2. The van der Waals surface area contributed by atoms with E-state index in [9.17, 15) is 4.79 Å². The highest BCUT2D eigenvalue weighted by Gasteiger charge is 2.35. The van der Waals surface area contributed by atoms with Crippen LogP contribution in [0.1, 0.15) is 25.7 Å². The first kappa shape index (κ1) is 15.0. The lowest BCUT2D eigenvalue weighted by atomic mass is 10.0. The van der Waals surface area contributed by atoms with E-state index in [4.69, 9.17) is 0 Å². The van der Waals surface area contributed by atoms with Crippen molar-refractivity contribution in [2.75, 3.05) is 25.0 Å². The number of amides is 1. The molecule has 1 amide bonds. The molecule has 1 unspecified atom stereocenters. The molecule has 3 rings (SSSR count). The van der Waals surface area contributed by atoms with Gasteiger partial charge in [0, 0.05) is 16.2 Å². The normalized spacial score (nSPS) is 24.1. The highest BCUT2D eigenvalue weighted by atomic mass is 79.9. The fourth-order valence-corrected chi connectivity index (χ4v) is 3.84. The van der Waals surface area contributed by atoms with Crippen molar-refractivity contribution < 1.29 is 4.79 Å². The lowest BCUT2D eigenvalue weighted by molar-refractivity contribution is -0.121. The Morgan fingerprint density at radius 2 is 2.10 bits per heavy atom. The van der Waals surface area contributed by atoms with Crippen LogP contribution in [0.15, 0.2) is 28.7 Å². The second-order valence-corrected chi connectivity index (χ2v) is 6.79. The number of benzene rings is 1. The predicted molar refractivity (Wildman–Crippen MR) is 88.4 cm³/mol. The van der Waals surface area contributed by atoms with Crippen molar-refractivity contribution in [1.29, 1.82) is 0 Å². The van der Waals surface area contributed by atoms with Crippen molar-refractivity contribution in [3.63, 3.8) is 0 Å². The zero-order chi connectivity index (χ0) is 14.7. The number of hydrogen-bond acceptors (Lipinski definition) is 3. The molecule has 0 spiro atoms. The van der Waals surface area contributed by atoms with Crippen molar-refractivity contribution in [2.45, 2.75) is 37.8 Å². The molecular formula is C16H22BrN3O. The Morgan fingerprint density at radius 1 is 1.29 bits per heavy atom. The summed E-state index contributed by atoms with van der Waals surface area (Å²) in [5.74, 6) is 0.143. The lowest BCUT2D eigenvalue weighted by Gasteiger charge is -2.35. The van der Waals surface area contributed by atoms with Crippen LogP contribution in [0.25, 0.3) is 0 Å². The summed E-state index contributed by atoms with van der Waals surface area (Å²) in [5, 5.41) is 6.46. The second kappa shape index (κ2) is 6.90. The van der Waals surface area contributed by atoms with E-state index in [0.29, 0.717) is 6.04 Å². The number of rotatable bonds is 3. The van der Waals surface area contributed by atoms with Gasteiger partial charge >= 0.3 is 0 Å². The fraction of sp³-hybridized carbons (Fsp3) is 0.562. The summed E-state index contributed by atoms with van der Waals surface area (Å²) < 4.78 is 0.988. The van der Waals surface area contributed by atoms with E-state index in [1.54, 1.807) is 0 Å². The van der Waals surface area contributed by atoms with Crippen LogP contribution in [0, 0.1) is 0 Å². The van der Waals surface area contributed by atoms with Gasteiger partial charge in [-0.15, -0.1) is 0 Å². The maximum Gasteiger partial charge on any atom is 0.241 e. The first-order valence-electron chi connectivity index (χ1n) is 7.77. The molecule has 0 aliphatic carbocycles. The number of halogens is 1.